The molecule has 1 atom stereocenters. The van der Waals surface area contributed by atoms with Crippen LogP contribution in [0.25, 0.3) is 11.3 Å². The number of carbonyl (C=O) groups is 1. The molecule has 0 radical (unpaired) electrons. The lowest BCUT2D eigenvalue weighted by atomic mass is 9.88. The average molecular weight is 556 g/mol. The first kappa shape index (κ1) is 26.0. The highest BCUT2D eigenvalue weighted by molar-refractivity contribution is 6.19. The SMILES string of the molecule is Cc1cc2cc(n1)-c1cnn(C)c1OCCCC(C1CC1)CN1/C(=N/C2=O)Nc2cc(NCC3(C)COC3)ccc21. The number of rotatable bonds is 4. The maximum atomic E-state index is 13.7. The summed E-state index contributed by atoms with van der Waals surface area (Å²) in [6.45, 7) is 7.93. The van der Waals surface area contributed by atoms with Gasteiger partial charge in [-0.1, -0.05) is 6.92 Å². The topological polar surface area (TPSA) is 106 Å². The fourth-order valence-electron chi connectivity index (χ4n) is 6.08. The predicted molar refractivity (Wildman–Crippen MR) is 159 cm³/mol. The Bertz CT molecular complexity index is 1520. The fourth-order valence-corrected chi connectivity index (χ4v) is 6.08. The van der Waals surface area contributed by atoms with Gasteiger partial charge in [0.15, 0.2) is 0 Å². The molecular formula is C31H37N7O3. The molecular weight excluding hydrogens is 518 g/mol. The zero-order valence-electron chi connectivity index (χ0n) is 23.9. The number of aliphatic imine (C=N–C) groups is 1. The van der Waals surface area contributed by atoms with Gasteiger partial charge in [0.2, 0.25) is 11.8 Å². The Morgan fingerprint density at radius 3 is 2.78 bits per heavy atom. The molecule has 2 N–H and O–H groups in total. The van der Waals surface area contributed by atoms with Crippen molar-refractivity contribution in [2.24, 2.45) is 29.3 Å². The van der Waals surface area contributed by atoms with Crippen LogP contribution in [-0.2, 0) is 11.8 Å². The van der Waals surface area contributed by atoms with Gasteiger partial charge in [0.1, 0.15) is 0 Å². The lowest BCUT2D eigenvalue weighted by Crippen LogP contribution is -2.45. The Labute approximate surface area is 240 Å². The monoisotopic (exact) mass is 555 g/mol. The van der Waals surface area contributed by atoms with Crippen molar-refractivity contribution in [1.29, 1.82) is 0 Å². The molecule has 1 aromatic carbocycles. The number of anilines is 3. The molecule has 5 heterocycles. The summed E-state index contributed by atoms with van der Waals surface area (Å²) in [4.78, 5) is 25.2. The van der Waals surface area contributed by atoms with E-state index in [4.69, 9.17) is 14.5 Å². The third-order valence-electron chi connectivity index (χ3n) is 8.64. The number of guanidine groups is 1. The van der Waals surface area contributed by atoms with Crippen LogP contribution in [0.15, 0.2) is 41.5 Å². The molecule has 214 valence electrons. The van der Waals surface area contributed by atoms with Crippen LogP contribution in [0.5, 0.6) is 5.88 Å². The second kappa shape index (κ2) is 10.2. The molecule has 10 heteroatoms. The van der Waals surface area contributed by atoms with Crippen LogP contribution in [0.4, 0.5) is 17.1 Å². The summed E-state index contributed by atoms with van der Waals surface area (Å²) in [5.41, 5.74) is 5.87. The Kier molecular flexibility index (Phi) is 6.45. The van der Waals surface area contributed by atoms with Crippen LogP contribution in [0.2, 0.25) is 0 Å². The Balaban J connectivity index is 1.24. The zero-order chi connectivity index (χ0) is 28.1. The minimum Gasteiger partial charge on any atom is -0.477 e. The largest absolute Gasteiger partial charge is 0.477 e. The molecule has 10 nitrogen and oxygen atoms in total. The number of aryl methyl sites for hydroxylation is 2. The van der Waals surface area contributed by atoms with E-state index in [2.05, 4.69) is 50.7 Å². The average Bonchev–Trinajstić information content (AvgIpc) is 3.64. The lowest BCUT2D eigenvalue weighted by molar-refractivity contribution is -0.0924. The second-order valence-corrected chi connectivity index (χ2v) is 12.3. The van der Waals surface area contributed by atoms with Gasteiger partial charge in [0.25, 0.3) is 5.91 Å². The fraction of sp³-hybridized carbons (Fsp3) is 0.484. The molecule has 0 spiro atoms. The summed E-state index contributed by atoms with van der Waals surface area (Å²) in [5.74, 6) is 2.11. The number of benzene rings is 1. The van der Waals surface area contributed by atoms with Crippen LogP contribution in [-0.4, -0.2) is 59.5 Å². The third kappa shape index (κ3) is 5.16. The minimum absolute atomic E-state index is 0.166. The number of nitrogens with zero attached hydrogens (tertiary/aromatic N) is 5. The molecule has 7 rings (SSSR count). The smallest absolute Gasteiger partial charge is 0.280 e. The van der Waals surface area contributed by atoms with Gasteiger partial charge in [0, 0.05) is 42.5 Å². The number of pyridine rings is 1. The Morgan fingerprint density at radius 2 is 2.00 bits per heavy atom. The summed E-state index contributed by atoms with van der Waals surface area (Å²) in [6, 6.07) is 9.95. The van der Waals surface area contributed by atoms with Crippen molar-refractivity contribution in [1.82, 2.24) is 14.8 Å². The lowest BCUT2D eigenvalue weighted by Gasteiger charge is -2.38. The van der Waals surface area contributed by atoms with E-state index in [1.165, 1.54) is 12.8 Å². The Hall–Kier alpha value is -3.92. The van der Waals surface area contributed by atoms with Crippen molar-refractivity contribution in [3.63, 3.8) is 0 Å². The normalized spacial score (nSPS) is 22.9. The Morgan fingerprint density at radius 1 is 1.15 bits per heavy atom. The van der Waals surface area contributed by atoms with E-state index in [0.717, 1.165) is 67.5 Å². The molecule has 41 heavy (non-hydrogen) atoms. The van der Waals surface area contributed by atoms with Gasteiger partial charge in [-0.3, -0.25) is 9.78 Å². The first-order valence-corrected chi connectivity index (χ1v) is 14.6. The van der Waals surface area contributed by atoms with E-state index in [1.54, 1.807) is 23.0 Å². The number of nitrogens with one attached hydrogen (secondary N) is 2. The molecule has 1 unspecified atom stereocenters. The number of amides is 1. The van der Waals surface area contributed by atoms with Crippen LogP contribution in [0, 0.1) is 24.2 Å². The summed E-state index contributed by atoms with van der Waals surface area (Å²) >= 11 is 0. The predicted octanol–water partition coefficient (Wildman–Crippen LogP) is 4.87. The van der Waals surface area contributed by atoms with E-state index >= 15 is 0 Å². The number of hydrogen-bond acceptors (Lipinski definition) is 8. The van der Waals surface area contributed by atoms with E-state index in [1.807, 2.05) is 14.0 Å². The number of hydrogen-bond donors (Lipinski definition) is 2. The first-order chi connectivity index (χ1) is 19.8. The minimum atomic E-state index is -0.308. The zero-order valence-corrected chi connectivity index (χ0v) is 23.9. The van der Waals surface area contributed by atoms with Crippen LogP contribution < -0.4 is 20.3 Å². The molecule has 2 fully saturated rings. The standard InChI is InChI=1S/C31H37N7O3/c1-19-11-22-12-25(34-19)24-14-33-37(3)29(24)41-10-4-5-21(20-6-7-20)15-38-27-9-8-23(32-16-31(2)17-40-18-31)13-26(27)35-30(38)36-28(22)39/h8-9,11-14,20-21,32H,4-7,10,15-18H2,1-3H3,(H,35,36,39). The van der Waals surface area contributed by atoms with Crippen molar-refractivity contribution in [2.75, 3.05) is 48.4 Å². The van der Waals surface area contributed by atoms with Gasteiger partial charge in [-0.2, -0.15) is 10.1 Å². The highest BCUT2D eigenvalue weighted by Gasteiger charge is 2.37. The van der Waals surface area contributed by atoms with Crippen LogP contribution >= 0.6 is 0 Å². The van der Waals surface area contributed by atoms with Crippen LogP contribution in [0.3, 0.4) is 0 Å². The van der Waals surface area contributed by atoms with Crippen molar-refractivity contribution in [2.45, 2.75) is 39.5 Å². The second-order valence-electron chi connectivity index (χ2n) is 12.3. The number of fused-ring (bicyclic) bond motifs is 7. The van der Waals surface area contributed by atoms with Gasteiger partial charge >= 0.3 is 0 Å². The van der Waals surface area contributed by atoms with E-state index < -0.39 is 0 Å². The van der Waals surface area contributed by atoms with E-state index in [9.17, 15) is 4.79 Å². The molecule has 3 aliphatic heterocycles. The summed E-state index contributed by atoms with van der Waals surface area (Å²) in [7, 11) is 1.87. The number of aromatic nitrogens is 3. The van der Waals surface area contributed by atoms with Crippen LogP contribution in [0.1, 0.15) is 48.7 Å². The summed E-state index contributed by atoms with van der Waals surface area (Å²) in [5, 5.41) is 11.5. The first-order valence-electron chi connectivity index (χ1n) is 14.6. The quantitative estimate of drug-likeness (QED) is 0.470. The molecule has 2 bridgehead atoms. The van der Waals surface area contributed by atoms with E-state index in [0.29, 0.717) is 41.5 Å². The maximum absolute atomic E-state index is 13.7. The van der Waals surface area contributed by atoms with Crippen molar-refractivity contribution < 1.29 is 14.3 Å². The van der Waals surface area contributed by atoms with Crippen molar-refractivity contribution in [3.8, 4) is 17.1 Å². The maximum Gasteiger partial charge on any atom is 0.280 e. The van der Waals surface area contributed by atoms with Gasteiger partial charge in [-0.05, 0) is 74.8 Å². The third-order valence-corrected chi connectivity index (χ3v) is 8.64. The molecule has 2 aromatic heterocycles. The number of carbonyl (C=O) groups excluding carboxylic acids is 1. The highest BCUT2D eigenvalue weighted by Crippen LogP contribution is 2.43. The van der Waals surface area contributed by atoms with Gasteiger partial charge in [-0.15, -0.1) is 0 Å². The van der Waals surface area contributed by atoms with Crippen molar-refractivity contribution >= 4 is 28.9 Å². The number of ether oxygens (including phenoxy) is 2. The molecule has 1 saturated heterocycles. The van der Waals surface area contributed by atoms with E-state index in [-0.39, 0.29) is 11.3 Å². The van der Waals surface area contributed by atoms with Crippen molar-refractivity contribution in [3.05, 3.63) is 47.8 Å². The molecule has 3 aromatic rings. The summed E-state index contributed by atoms with van der Waals surface area (Å²) in [6.07, 6.45) is 6.22. The molecule has 4 aliphatic rings. The molecule has 1 aliphatic carbocycles. The highest BCUT2D eigenvalue weighted by atomic mass is 16.5. The summed E-state index contributed by atoms with van der Waals surface area (Å²) < 4.78 is 13.4. The molecule has 1 amide bonds. The van der Waals surface area contributed by atoms with Gasteiger partial charge in [-0.25, -0.2) is 4.68 Å². The van der Waals surface area contributed by atoms with Gasteiger partial charge < -0.3 is 25.0 Å². The molecule has 1 saturated carbocycles. The van der Waals surface area contributed by atoms with Gasteiger partial charge in [0.05, 0.1) is 48.6 Å².